The van der Waals surface area contributed by atoms with Crippen molar-refractivity contribution in [3.05, 3.63) is 16.4 Å². The van der Waals surface area contributed by atoms with Gasteiger partial charge in [-0.25, -0.2) is 9.97 Å². The van der Waals surface area contributed by atoms with Crippen molar-refractivity contribution in [2.75, 3.05) is 5.73 Å². The number of hydrogen-bond donors (Lipinski definition) is 2. The number of hydrogen-bond acceptors (Lipinski definition) is 4. The van der Waals surface area contributed by atoms with E-state index >= 15 is 0 Å². The van der Waals surface area contributed by atoms with Crippen LogP contribution in [0.2, 0.25) is 0 Å². The van der Waals surface area contributed by atoms with Crippen molar-refractivity contribution in [3.63, 3.8) is 0 Å². The minimum Gasteiger partial charge on any atom is -0.389 e. The molecule has 0 spiro atoms. The minimum absolute atomic E-state index is 0.449. The summed E-state index contributed by atoms with van der Waals surface area (Å²) in [6.45, 7) is 10.2. The number of rotatable bonds is 4. The SMILES string of the molecule is CC=c1c(=CCC)nc(N)c2nc(CC)n(CC(C)(C)O)c12. The van der Waals surface area contributed by atoms with Gasteiger partial charge in [-0.1, -0.05) is 26.0 Å². The lowest BCUT2D eigenvalue weighted by Crippen LogP contribution is -2.33. The monoisotopic (exact) mass is 302 g/mol. The molecule has 0 fully saturated rings. The molecule has 2 aromatic heterocycles. The van der Waals surface area contributed by atoms with Crippen LogP contribution in [0.4, 0.5) is 5.82 Å². The topological polar surface area (TPSA) is 77.0 Å². The van der Waals surface area contributed by atoms with Crippen molar-refractivity contribution in [1.29, 1.82) is 0 Å². The highest BCUT2D eigenvalue weighted by Gasteiger charge is 2.20. The molecule has 0 aromatic carbocycles. The molecule has 5 nitrogen and oxygen atoms in total. The molecular weight excluding hydrogens is 276 g/mol. The summed E-state index contributed by atoms with van der Waals surface area (Å²) in [6.07, 6.45) is 5.77. The number of aliphatic hydroxyl groups is 1. The van der Waals surface area contributed by atoms with E-state index in [-0.39, 0.29) is 0 Å². The molecule has 0 saturated carbocycles. The van der Waals surface area contributed by atoms with Gasteiger partial charge in [-0.2, -0.15) is 0 Å². The molecule has 2 heterocycles. The summed E-state index contributed by atoms with van der Waals surface area (Å²) in [4.78, 5) is 9.15. The third-order valence-electron chi connectivity index (χ3n) is 3.61. The molecule has 0 bridgehead atoms. The van der Waals surface area contributed by atoms with Crippen molar-refractivity contribution >= 4 is 29.0 Å². The number of anilines is 1. The Balaban J connectivity index is 2.97. The molecule has 0 atom stereocenters. The molecule has 22 heavy (non-hydrogen) atoms. The third kappa shape index (κ3) is 2.99. The highest BCUT2D eigenvalue weighted by molar-refractivity contribution is 5.86. The largest absolute Gasteiger partial charge is 0.389 e. The van der Waals surface area contributed by atoms with Gasteiger partial charge in [0.05, 0.1) is 23.0 Å². The Morgan fingerprint density at radius 3 is 2.45 bits per heavy atom. The van der Waals surface area contributed by atoms with Crippen molar-refractivity contribution in [2.24, 2.45) is 0 Å². The van der Waals surface area contributed by atoms with Crippen LogP contribution in [0.3, 0.4) is 0 Å². The lowest BCUT2D eigenvalue weighted by Gasteiger charge is -2.20. The number of aromatic nitrogens is 3. The lowest BCUT2D eigenvalue weighted by molar-refractivity contribution is 0.0618. The van der Waals surface area contributed by atoms with E-state index < -0.39 is 5.60 Å². The smallest absolute Gasteiger partial charge is 0.152 e. The minimum atomic E-state index is -0.824. The van der Waals surface area contributed by atoms with Gasteiger partial charge in [-0.05, 0) is 27.2 Å². The lowest BCUT2D eigenvalue weighted by atomic mass is 10.1. The maximum atomic E-state index is 10.3. The van der Waals surface area contributed by atoms with E-state index in [4.69, 9.17) is 5.73 Å². The van der Waals surface area contributed by atoms with Gasteiger partial charge >= 0.3 is 0 Å². The third-order valence-corrected chi connectivity index (χ3v) is 3.61. The van der Waals surface area contributed by atoms with Crippen LogP contribution < -0.4 is 16.3 Å². The molecular formula is C17H26N4O. The van der Waals surface area contributed by atoms with Crippen LogP contribution in [-0.4, -0.2) is 25.2 Å². The fourth-order valence-electron chi connectivity index (χ4n) is 2.78. The summed E-state index contributed by atoms with van der Waals surface area (Å²) in [5.41, 5.74) is 6.99. The summed E-state index contributed by atoms with van der Waals surface area (Å²) in [5.74, 6) is 1.37. The first kappa shape index (κ1) is 16.5. The average molecular weight is 302 g/mol. The van der Waals surface area contributed by atoms with Gasteiger partial charge in [-0.3, -0.25) is 0 Å². The van der Waals surface area contributed by atoms with Gasteiger partial charge in [0.2, 0.25) is 0 Å². The first-order valence-corrected chi connectivity index (χ1v) is 7.85. The van der Waals surface area contributed by atoms with Crippen molar-refractivity contribution < 1.29 is 5.11 Å². The molecule has 3 N–H and O–H groups in total. The van der Waals surface area contributed by atoms with Crippen molar-refractivity contribution in [2.45, 2.75) is 59.6 Å². The molecule has 0 amide bonds. The number of nitrogen functional groups attached to an aromatic ring is 1. The van der Waals surface area contributed by atoms with Crippen LogP contribution in [0.25, 0.3) is 23.2 Å². The van der Waals surface area contributed by atoms with E-state index in [1.54, 1.807) is 13.8 Å². The summed E-state index contributed by atoms with van der Waals surface area (Å²) in [5, 5.41) is 12.2. The van der Waals surface area contributed by atoms with Gasteiger partial charge in [0, 0.05) is 11.6 Å². The second-order valence-corrected chi connectivity index (χ2v) is 6.17. The molecule has 5 heteroatoms. The Hall–Kier alpha value is -1.88. The summed E-state index contributed by atoms with van der Waals surface area (Å²) in [7, 11) is 0. The normalized spacial score (nSPS) is 14.3. The second-order valence-electron chi connectivity index (χ2n) is 6.17. The van der Waals surface area contributed by atoms with Gasteiger partial charge < -0.3 is 15.4 Å². The van der Waals surface area contributed by atoms with Crippen molar-refractivity contribution in [3.8, 4) is 0 Å². The number of nitrogens with two attached hydrogens (primary N) is 1. The van der Waals surface area contributed by atoms with Gasteiger partial charge in [0.15, 0.2) is 5.82 Å². The summed E-state index contributed by atoms with van der Waals surface area (Å²) >= 11 is 0. The predicted octanol–water partition coefficient (Wildman–Crippen LogP) is 1.34. The van der Waals surface area contributed by atoms with Crippen molar-refractivity contribution in [1.82, 2.24) is 14.5 Å². The van der Waals surface area contributed by atoms with E-state index in [0.29, 0.717) is 12.4 Å². The van der Waals surface area contributed by atoms with Crippen LogP contribution in [0, 0.1) is 0 Å². The summed E-state index contributed by atoms with van der Waals surface area (Å²) in [6, 6.07) is 0. The molecule has 0 unspecified atom stereocenters. The fraction of sp³-hybridized carbons (Fsp3) is 0.529. The molecule has 2 rings (SSSR count). The van der Waals surface area contributed by atoms with E-state index in [1.807, 2.05) is 13.0 Å². The standard InChI is InChI=1S/C17H26N4O/c1-6-9-12-11(7-2)15-14(16(18)19-12)20-13(8-3)21(15)10-17(4,5)22/h7,9,22H,6,8,10H2,1-5H3,(H2,18,19). The first-order valence-electron chi connectivity index (χ1n) is 7.85. The highest BCUT2D eigenvalue weighted by atomic mass is 16.3. The number of fused-ring (bicyclic) bond motifs is 1. The molecule has 0 aliphatic heterocycles. The second kappa shape index (κ2) is 6.08. The fourth-order valence-corrected chi connectivity index (χ4v) is 2.78. The van der Waals surface area contributed by atoms with Crippen LogP contribution in [-0.2, 0) is 13.0 Å². The van der Waals surface area contributed by atoms with Crippen LogP contribution >= 0.6 is 0 Å². The van der Waals surface area contributed by atoms with Crippen LogP contribution in [0.1, 0.15) is 46.9 Å². The van der Waals surface area contributed by atoms with E-state index in [9.17, 15) is 5.11 Å². The van der Waals surface area contributed by atoms with Crippen LogP contribution in [0.15, 0.2) is 0 Å². The summed E-state index contributed by atoms with van der Waals surface area (Å²) < 4.78 is 2.08. The highest BCUT2D eigenvalue weighted by Crippen LogP contribution is 2.19. The quantitative estimate of drug-likeness (QED) is 0.893. The van der Waals surface area contributed by atoms with Gasteiger partial charge in [0.1, 0.15) is 11.3 Å². The Bertz CT molecular complexity index is 797. The maximum Gasteiger partial charge on any atom is 0.152 e. The predicted molar refractivity (Wildman–Crippen MR) is 91.8 cm³/mol. The number of pyridine rings is 1. The van der Waals surface area contributed by atoms with Crippen LogP contribution in [0.5, 0.6) is 0 Å². The van der Waals surface area contributed by atoms with E-state index in [2.05, 4.69) is 34.5 Å². The Morgan fingerprint density at radius 2 is 1.95 bits per heavy atom. The molecule has 0 aliphatic rings. The molecule has 120 valence electrons. The first-order chi connectivity index (χ1) is 10.3. The van der Waals surface area contributed by atoms with E-state index in [0.717, 1.165) is 40.3 Å². The number of nitrogens with zero attached hydrogens (tertiary/aromatic N) is 3. The maximum absolute atomic E-state index is 10.3. The average Bonchev–Trinajstić information content (AvgIpc) is 2.77. The number of imidazole rings is 1. The zero-order valence-corrected chi connectivity index (χ0v) is 14.1. The Morgan fingerprint density at radius 1 is 1.27 bits per heavy atom. The Labute approximate surface area is 131 Å². The number of aryl methyl sites for hydroxylation is 1. The molecule has 0 aliphatic carbocycles. The molecule has 2 aromatic rings. The zero-order chi connectivity index (χ0) is 16.5. The van der Waals surface area contributed by atoms with Gasteiger partial charge in [-0.15, -0.1) is 0 Å². The molecule has 0 saturated heterocycles. The van der Waals surface area contributed by atoms with E-state index in [1.165, 1.54) is 0 Å². The van der Waals surface area contributed by atoms with Gasteiger partial charge in [0.25, 0.3) is 0 Å². The zero-order valence-electron chi connectivity index (χ0n) is 14.1. The molecule has 0 radical (unpaired) electrons. The Kier molecular flexibility index (Phi) is 4.56.